The van der Waals surface area contributed by atoms with Crippen LogP contribution in [0.1, 0.15) is 36.6 Å². The van der Waals surface area contributed by atoms with E-state index in [-0.39, 0.29) is 11.5 Å². The second kappa shape index (κ2) is 8.71. The zero-order valence-electron chi connectivity index (χ0n) is 16.6. The molecule has 0 spiro atoms. The van der Waals surface area contributed by atoms with Crippen LogP contribution in [0.4, 0.5) is 0 Å². The van der Waals surface area contributed by atoms with Crippen molar-refractivity contribution in [3.05, 3.63) is 51.1 Å². The van der Waals surface area contributed by atoms with Gasteiger partial charge in [0.05, 0.1) is 18.2 Å². The molecule has 2 heterocycles. The summed E-state index contributed by atoms with van der Waals surface area (Å²) in [6.45, 7) is 2.27. The van der Waals surface area contributed by atoms with Crippen LogP contribution >= 0.6 is 23.1 Å². The van der Waals surface area contributed by atoms with Gasteiger partial charge in [0, 0.05) is 17.1 Å². The SMILES string of the molecule is COC(=O)CCCSc1nc2sc3c(c2c(=O)n1-c1ccccc1)CCC(C)C3. The Morgan fingerprint density at radius 3 is 2.90 bits per heavy atom. The first kappa shape index (κ1) is 20.2. The molecule has 29 heavy (non-hydrogen) atoms. The van der Waals surface area contributed by atoms with Gasteiger partial charge in [-0.1, -0.05) is 36.9 Å². The zero-order valence-corrected chi connectivity index (χ0v) is 18.3. The van der Waals surface area contributed by atoms with Crippen LogP contribution in [0, 0.1) is 5.92 Å². The molecular weight excluding hydrogens is 404 g/mol. The van der Waals surface area contributed by atoms with Gasteiger partial charge < -0.3 is 4.74 Å². The lowest BCUT2D eigenvalue weighted by molar-refractivity contribution is -0.140. The Kier molecular flexibility index (Phi) is 6.06. The van der Waals surface area contributed by atoms with Crippen LogP contribution in [0.5, 0.6) is 0 Å². The van der Waals surface area contributed by atoms with Crippen LogP contribution in [0.15, 0.2) is 40.3 Å². The lowest BCUT2D eigenvalue weighted by atomic mass is 9.89. The minimum atomic E-state index is -0.213. The molecule has 3 aromatic rings. The summed E-state index contributed by atoms with van der Waals surface area (Å²) in [6.07, 6.45) is 4.15. The number of para-hydroxylation sites is 1. The van der Waals surface area contributed by atoms with E-state index in [9.17, 15) is 9.59 Å². The molecule has 0 amide bonds. The van der Waals surface area contributed by atoms with Crippen LogP contribution in [0.25, 0.3) is 15.9 Å². The smallest absolute Gasteiger partial charge is 0.305 e. The van der Waals surface area contributed by atoms with Crippen molar-refractivity contribution in [2.45, 2.75) is 44.2 Å². The van der Waals surface area contributed by atoms with Crippen molar-refractivity contribution in [3.63, 3.8) is 0 Å². The molecule has 0 radical (unpaired) electrons. The first-order chi connectivity index (χ1) is 14.1. The maximum atomic E-state index is 13.6. The van der Waals surface area contributed by atoms with E-state index in [0.29, 0.717) is 29.7 Å². The lowest BCUT2D eigenvalue weighted by Gasteiger charge is -2.17. The summed E-state index contributed by atoms with van der Waals surface area (Å²) in [4.78, 5) is 32.0. The van der Waals surface area contributed by atoms with Gasteiger partial charge in [-0.3, -0.25) is 14.2 Å². The highest BCUT2D eigenvalue weighted by Crippen LogP contribution is 2.37. The average Bonchev–Trinajstić information content (AvgIpc) is 3.09. The van der Waals surface area contributed by atoms with E-state index in [1.807, 2.05) is 30.3 Å². The van der Waals surface area contributed by atoms with Crippen molar-refractivity contribution in [3.8, 4) is 5.69 Å². The highest BCUT2D eigenvalue weighted by molar-refractivity contribution is 7.99. The molecule has 0 aliphatic heterocycles. The van der Waals surface area contributed by atoms with Gasteiger partial charge >= 0.3 is 5.97 Å². The van der Waals surface area contributed by atoms with Crippen LogP contribution in [-0.2, 0) is 22.4 Å². The van der Waals surface area contributed by atoms with Crippen LogP contribution in [0.2, 0.25) is 0 Å². The van der Waals surface area contributed by atoms with Crippen molar-refractivity contribution in [1.29, 1.82) is 0 Å². The standard InChI is InChI=1S/C22H24N2O3S2/c1-14-10-11-16-17(13-14)29-20-19(16)21(26)24(15-7-4-3-5-8-15)22(23-20)28-12-6-9-18(25)27-2/h3-5,7-8,14H,6,9-13H2,1-2H3. The van der Waals surface area contributed by atoms with Gasteiger partial charge in [-0.2, -0.15) is 0 Å². The molecule has 0 fully saturated rings. The van der Waals surface area contributed by atoms with E-state index in [0.717, 1.165) is 35.2 Å². The van der Waals surface area contributed by atoms with Crippen LogP contribution in [0.3, 0.4) is 0 Å². The fourth-order valence-corrected chi connectivity index (χ4v) is 6.13. The number of rotatable bonds is 6. The molecule has 1 aliphatic carbocycles. The fourth-order valence-electron chi connectivity index (χ4n) is 3.75. The summed E-state index contributed by atoms with van der Waals surface area (Å²) in [5.74, 6) is 1.13. The number of thiophene rings is 1. The molecule has 1 unspecified atom stereocenters. The zero-order chi connectivity index (χ0) is 20.4. The first-order valence-corrected chi connectivity index (χ1v) is 11.7. The molecule has 0 N–H and O–H groups in total. The highest BCUT2D eigenvalue weighted by atomic mass is 32.2. The molecule has 2 aromatic heterocycles. The number of fused-ring (bicyclic) bond motifs is 3. The highest BCUT2D eigenvalue weighted by Gasteiger charge is 2.25. The molecule has 7 heteroatoms. The van der Waals surface area contributed by atoms with Gasteiger partial charge in [0.2, 0.25) is 0 Å². The number of thioether (sulfide) groups is 1. The molecule has 0 saturated carbocycles. The molecule has 4 rings (SSSR count). The van der Waals surface area contributed by atoms with E-state index < -0.39 is 0 Å². The Labute approximate surface area is 178 Å². The predicted molar refractivity (Wildman–Crippen MR) is 118 cm³/mol. The number of esters is 1. The summed E-state index contributed by atoms with van der Waals surface area (Å²) in [5.41, 5.74) is 2.04. The Morgan fingerprint density at radius 2 is 2.14 bits per heavy atom. The Bertz CT molecular complexity index is 1090. The Morgan fingerprint density at radius 1 is 1.34 bits per heavy atom. The van der Waals surface area contributed by atoms with Crippen molar-refractivity contribution in [2.24, 2.45) is 5.92 Å². The molecule has 1 aromatic carbocycles. The average molecular weight is 429 g/mol. The number of aromatic nitrogens is 2. The summed E-state index contributed by atoms with van der Waals surface area (Å²) < 4.78 is 6.44. The second-order valence-corrected chi connectivity index (χ2v) is 9.58. The third-order valence-corrected chi connectivity index (χ3v) is 7.47. The molecule has 152 valence electrons. The maximum absolute atomic E-state index is 13.6. The third-order valence-electron chi connectivity index (χ3n) is 5.30. The first-order valence-electron chi connectivity index (χ1n) is 9.90. The monoisotopic (exact) mass is 428 g/mol. The quantitative estimate of drug-likeness (QED) is 0.248. The van der Waals surface area contributed by atoms with Gasteiger partial charge in [-0.05, 0) is 49.3 Å². The summed E-state index contributed by atoms with van der Waals surface area (Å²) >= 11 is 3.19. The Hall–Kier alpha value is -2.12. The van der Waals surface area contributed by atoms with Crippen molar-refractivity contribution < 1.29 is 9.53 Å². The molecular formula is C22H24N2O3S2. The minimum absolute atomic E-state index is 0.0173. The number of nitrogens with zero attached hydrogens (tertiary/aromatic N) is 2. The third kappa shape index (κ3) is 4.12. The predicted octanol–water partition coefficient (Wildman–Crippen LogP) is 4.62. The summed E-state index contributed by atoms with van der Waals surface area (Å²) in [7, 11) is 1.40. The van der Waals surface area contributed by atoms with E-state index in [1.54, 1.807) is 15.9 Å². The minimum Gasteiger partial charge on any atom is -0.469 e. The lowest BCUT2D eigenvalue weighted by Crippen LogP contribution is -2.22. The van der Waals surface area contributed by atoms with E-state index in [1.165, 1.54) is 29.3 Å². The summed E-state index contributed by atoms with van der Waals surface area (Å²) in [5, 5.41) is 1.48. The normalized spacial score (nSPS) is 16.0. The maximum Gasteiger partial charge on any atom is 0.305 e. The number of hydrogen-bond acceptors (Lipinski definition) is 6. The van der Waals surface area contributed by atoms with E-state index >= 15 is 0 Å². The Balaban J connectivity index is 1.77. The molecule has 1 atom stereocenters. The van der Waals surface area contributed by atoms with Gasteiger partial charge in [0.25, 0.3) is 5.56 Å². The number of ether oxygens (including phenoxy) is 1. The second-order valence-electron chi connectivity index (χ2n) is 7.43. The van der Waals surface area contributed by atoms with Crippen LogP contribution in [-0.4, -0.2) is 28.4 Å². The number of carbonyl (C=O) groups excluding carboxylic acids is 1. The molecule has 0 bridgehead atoms. The van der Waals surface area contributed by atoms with Gasteiger partial charge in [0.15, 0.2) is 5.16 Å². The van der Waals surface area contributed by atoms with Crippen molar-refractivity contribution in [1.82, 2.24) is 9.55 Å². The topological polar surface area (TPSA) is 61.2 Å². The summed E-state index contributed by atoms with van der Waals surface area (Å²) in [6, 6.07) is 9.69. The van der Waals surface area contributed by atoms with E-state index in [4.69, 9.17) is 9.72 Å². The number of aryl methyl sites for hydroxylation is 1. The largest absolute Gasteiger partial charge is 0.469 e. The fraction of sp³-hybridized carbons (Fsp3) is 0.409. The van der Waals surface area contributed by atoms with Gasteiger partial charge in [-0.25, -0.2) is 4.98 Å². The number of carbonyl (C=O) groups is 1. The van der Waals surface area contributed by atoms with E-state index in [2.05, 4.69) is 6.92 Å². The van der Waals surface area contributed by atoms with Gasteiger partial charge in [-0.15, -0.1) is 11.3 Å². The van der Waals surface area contributed by atoms with Gasteiger partial charge in [0.1, 0.15) is 4.83 Å². The molecule has 5 nitrogen and oxygen atoms in total. The van der Waals surface area contributed by atoms with Crippen molar-refractivity contribution >= 4 is 39.3 Å². The number of hydrogen-bond donors (Lipinski definition) is 0. The van der Waals surface area contributed by atoms with Crippen LogP contribution < -0.4 is 5.56 Å². The number of benzene rings is 1. The number of methoxy groups -OCH3 is 1. The molecule has 0 saturated heterocycles. The van der Waals surface area contributed by atoms with Crippen molar-refractivity contribution in [2.75, 3.05) is 12.9 Å². The molecule has 1 aliphatic rings.